The van der Waals surface area contributed by atoms with Gasteiger partial charge in [0, 0.05) is 0 Å². The van der Waals surface area contributed by atoms with Crippen molar-refractivity contribution in [2.24, 2.45) is 0 Å². The molecule has 23 heavy (non-hydrogen) atoms. The van der Waals surface area contributed by atoms with Crippen molar-refractivity contribution in [3.8, 4) is 6.07 Å². The third kappa shape index (κ3) is 1.86. The fourth-order valence-electron chi connectivity index (χ4n) is 2.50. The first-order valence-corrected chi connectivity index (χ1v) is 6.69. The number of hydrogen-bond donors (Lipinski definition) is 4. The van der Waals surface area contributed by atoms with Crippen LogP contribution < -0.4 is 11.5 Å². The molecule has 1 aliphatic rings. The molecule has 1 aliphatic heterocycles. The minimum atomic E-state index is -3.07. The van der Waals surface area contributed by atoms with Gasteiger partial charge in [-0.2, -0.15) is 10.2 Å². The van der Waals surface area contributed by atoms with Gasteiger partial charge in [-0.05, 0) is 0 Å². The summed E-state index contributed by atoms with van der Waals surface area (Å²) in [6.07, 6.45) is -2.32. The van der Waals surface area contributed by atoms with E-state index in [-0.39, 0.29) is 23.1 Å². The quantitative estimate of drug-likeness (QED) is 0.482. The van der Waals surface area contributed by atoms with Gasteiger partial charge in [0.05, 0.1) is 12.8 Å². The van der Waals surface area contributed by atoms with Crippen LogP contribution >= 0.6 is 11.6 Å². The van der Waals surface area contributed by atoms with Crippen molar-refractivity contribution in [1.82, 2.24) is 19.6 Å². The normalized spacial score (nSPS) is 33.9. The van der Waals surface area contributed by atoms with Crippen LogP contribution in [0, 0.1) is 11.3 Å². The zero-order chi connectivity index (χ0) is 17.0. The SMILES string of the molecule is N#C[C@@]1(c2cnc3c(N)nc(N)nn23)O[C@H](CO)C(O)C1(F)Cl. The maximum Gasteiger partial charge on any atom is 0.259 e. The van der Waals surface area contributed by atoms with E-state index in [1.165, 1.54) is 0 Å². The number of nitriles is 1. The zero-order valence-corrected chi connectivity index (χ0v) is 12.1. The lowest BCUT2D eigenvalue weighted by Gasteiger charge is -2.28. The van der Waals surface area contributed by atoms with Gasteiger partial charge in [-0.3, -0.25) is 0 Å². The van der Waals surface area contributed by atoms with E-state index in [4.69, 9.17) is 27.8 Å². The van der Waals surface area contributed by atoms with Crippen molar-refractivity contribution in [2.75, 3.05) is 18.1 Å². The Labute approximate surface area is 133 Å². The Balaban J connectivity index is 2.29. The van der Waals surface area contributed by atoms with Crippen LogP contribution in [0.2, 0.25) is 0 Å². The maximum atomic E-state index is 15.0. The van der Waals surface area contributed by atoms with Crippen molar-refractivity contribution < 1.29 is 19.3 Å². The van der Waals surface area contributed by atoms with Gasteiger partial charge in [0.25, 0.3) is 5.13 Å². The lowest BCUT2D eigenvalue weighted by molar-refractivity contribution is -0.0603. The number of aliphatic hydroxyl groups excluding tert-OH is 2. The minimum Gasteiger partial charge on any atom is -0.394 e. The number of hydrogen-bond acceptors (Lipinski definition) is 9. The molecule has 0 aromatic carbocycles. The average molecular weight is 344 g/mol. The molecular weight excluding hydrogens is 333 g/mol. The second kappa shape index (κ2) is 4.87. The molecule has 2 aromatic rings. The predicted molar refractivity (Wildman–Crippen MR) is 74.6 cm³/mol. The topological polar surface area (TPSA) is 169 Å². The van der Waals surface area contributed by atoms with Gasteiger partial charge in [0.15, 0.2) is 11.5 Å². The van der Waals surface area contributed by atoms with Gasteiger partial charge in [-0.1, -0.05) is 11.6 Å². The highest BCUT2D eigenvalue weighted by atomic mass is 35.5. The molecule has 2 aromatic heterocycles. The molecule has 2 unspecified atom stereocenters. The second-order valence-electron chi connectivity index (χ2n) is 4.93. The number of nitrogens with two attached hydrogens (primary N) is 2. The Kier molecular flexibility index (Phi) is 3.31. The first kappa shape index (κ1) is 15.6. The van der Waals surface area contributed by atoms with Crippen LogP contribution in [0.15, 0.2) is 6.20 Å². The van der Waals surface area contributed by atoms with E-state index < -0.39 is 29.5 Å². The average Bonchev–Trinajstić information content (AvgIpc) is 2.99. The van der Waals surface area contributed by atoms with Gasteiger partial charge >= 0.3 is 0 Å². The number of rotatable bonds is 2. The van der Waals surface area contributed by atoms with Crippen molar-refractivity contribution in [1.29, 1.82) is 5.26 Å². The summed E-state index contributed by atoms with van der Waals surface area (Å²) in [6, 6.07) is 1.59. The van der Waals surface area contributed by atoms with E-state index in [2.05, 4.69) is 15.1 Å². The standard InChI is InChI=1S/C11H11ClFN7O3/c12-11(13)6(22)4(2-21)23-10(11,3-14)5-1-17-8-7(15)18-9(16)19-20(5)8/h1,4,6,21-22H,2H2,(H4,15,16,18,19)/t4-,6?,10+,11?/m1/s1. The summed E-state index contributed by atoms with van der Waals surface area (Å²) in [4.78, 5) is 7.59. The van der Waals surface area contributed by atoms with Crippen LogP contribution in [0.5, 0.6) is 0 Å². The third-order valence-electron chi connectivity index (χ3n) is 3.62. The number of halogens is 2. The molecular formula is C11H11ClFN7O3. The van der Waals surface area contributed by atoms with E-state index in [0.717, 1.165) is 10.7 Å². The lowest BCUT2D eigenvalue weighted by Crippen LogP contribution is -2.46. The summed E-state index contributed by atoms with van der Waals surface area (Å²) in [5.41, 5.74) is 8.40. The third-order valence-corrected chi connectivity index (χ3v) is 4.11. The van der Waals surface area contributed by atoms with Gasteiger partial charge in [-0.15, -0.1) is 5.10 Å². The predicted octanol–water partition coefficient (Wildman–Crippen LogP) is -1.34. The first-order valence-electron chi connectivity index (χ1n) is 6.31. The number of fused-ring (bicyclic) bond motifs is 1. The highest BCUT2D eigenvalue weighted by Crippen LogP contribution is 2.51. The van der Waals surface area contributed by atoms with E-state index in [1.807, 2.05) is 0 Å². The Morgan fingerprint density at radius 3 is 2.83 bits per heavy atom. The number of anilines is 2. The number of aromatic nitrogens is 4. The number of ether oxygens (including phenoxy) is 1. The highest BCUT2D eigenvalue weighted by molar-refractivity contribution is 6.24. The Bertz CT molecular complexity index is 822. The second-order valence-corrected chi connectivity index (χ2v) is 5.48. The fraction of sp³-hybridized carbons (Fsp3) is 0.455. The van der Waals surface area contributed by atoms with Crippen LogP contribution in [-0.4, -0.2) is 53.7 Å². The molecule has 122 valence electrons. The van der Waals surface area contributed by atoms with E-state index >= 15 is 0 Å². The summed E-state index contributed by atoms with van der Waals surface area (Å²) in [5.74, 6) is -0.355. The monoisotopic (exact) mass is 343 g/mol. The number of imidazole rings is 1. The number of alkyl halides is 2. The molecule has 0 amide bonds. The smallest absolute Gasteiger partial charge is 0.259 e. The van der Waals surface area contributed by atoms with E-state index in [1.54, 1.807) is 6.07 Å². The zero-order valence-electron chi connectivity index (χ0n) is 11.4. The summed E-state index contributed by atoms with van der Waals surface area (Å²) in [7, 11) is 0. The molecule has 0 aliphatic carbocycles. The Hall–Kier alpha value is -2.26. The lowest BCUT2D eigenvalue weighted by atomic mass is 9.93. The van der Waals surface area contributed by atoms with Crippen LogP contribution in [0.1, 0.15) is 5.69 Å². The van der Waals surface area contributed by atoms with E-state index in [0.29, 0.717) is 0 Å². The minimum absolute atomic E-state index is 0.00169. The highest BCUT2D eigenvalue weighted by Gasteiger charge is 2.69. The van der Waals surface area contributed by atoms with Crippen LogP contribution in [0.4, 0.5) is 16.2 Å². The van der Waals surface area contributed by atoms with Gasteiger partial charge < -0.3 is 26.4 Å². The van der Waals surface area contributed by atoms with Crippen molar-refractivity contribution in [2.45, 2.75) is 22.9 Å². The molecule has 0 radical (unpaired) electrons. The molecule has 6 N–H and O–H groups in total. The first-order chi connectivity index (χ1) is 10.8. The molecule has 0 spiro atoms. The van der Waals surface area contributed by atoms with E-state index in [9.17, 15) is 19.9 Å². The summed E-state index contributed by atoms with van der Waals surface area (Å²) in [5, 5.41) is 29.4. The number of nitrogens with zero attached hydrogens (tertiary/aromatic N) is 5. The van der Waals surface area contributed by atoms with Gasteiger partial charge in [-0.25, -0.2) is 13.9 Å². The molecule has 1 fully saturated rings. The summed E-state index contributed by atoms with van der Waals surface area (Å²) in [6.45, 7) is -0.751. The molecule has 4 atom stereocenters. The molecule has 1 saturated heterocycles. The Morgan fingerprint density at radius 1 is 1.57 bits per heavy atom. The molecule has 3 rings (SSSR count). The molecule has 10 nitrogen and oxygen atoms in total. The van der Waals surface area contributed by atoms with Crippen LogP contribution in [0.3, 0.4) is 0 Å². The largest absolute Gasteiger partial charge is 0.394 e. The molecule has 12 heteroatoms. The molecule has 3 heterocycles. The van der Waals surface area contributed by atoms with Crippen LogP contribution in [-0.2, 0) is 10.3 Å². The summed E-state index contributed by atoms with van der Waals surface area (Å²) < 4.78 is 21.2. The summed E-state index contributed by atoms with van der Waals surface area (Å²) >= 11 is 5.76. The molecule has 0 bridgehead atoms. The Morgan fingerprint density at radius 2 is 2.26 bits per heavy atom. The molecule has 0 saturated carbocycles. The van der Waals surface area contributed by atoms with Gasteiger partial charge in [0.1, 0.15) is 24.0 Å². The van der Waals surface area contributed by atoms with Crippen LogP contribution in [0.25, 0.3) is 5.65 Å². The van der Waals surface area contributed by atoms with Crippen molar-refractivity contribution in [3.63, 3.8) is 0 Å². The fourth-order valence-corrected chi connectivity index (χ4v) is 2.82. The number of nitrogen functional groups attached to an aromatic ring is 2. The number of aliphatic hydroxyl groups is 2. The van der Waals surface area contributed by atoms with Crippen molar-refractivity contribution in [3.05, 3.63) is 11.9 Å². The maximum absolute atomic E-state index is 15.0. The van der Waals surface area contributed by atoms with Crippen molar-refractivity contribution >= 4 is 29.0 Å². The van der Waals surface area contributed by atoms with Gasteiger partial charge in [0.2, 0.25) is 11.5 Å².